The second-order valence-corrected chi connectivity index (χ2v) is 7.37. The van der Waals surface area contributed by atoms with Crippen LogP contribution in [0.25, 0.3) is 0 Å². The number of nitrogens with zero attached hydrogens (tertiary/aromatic N) is 3. The molecule has 1 aliphatic heterocycles. The van der Waals surface area contributed by atoms with Crippen molar-refractivity contribution in [3.63, 3.8) is 0 Å². The van der Waals surface area contributed by atoms with E-state index in [9.17, 15) is 4.79 Å². The SMILES string of the molecule is CCNC(=NCc1ccc(C(N)=O)o1)N1CCN(CCOc2ccc(Cl)cc2)CC1. The molecule has 2 heterocycles. The number of furan rings is 1. The summed E-state index contributed by atoms with van der Waals surface area (Å²) in [5.41, 5.74) is 5.23. The number of primary amides is 1. The fraction of sp³-hybridized carbons (Fsp3) is 0.429. The van der Waals surface area contributed by atoms with Gasteiger partial charge in [0.15, 0.2) is 11.7 Å². The summed E-state index contributed by atoms with van der Waals surface area (Å²) in [6.45, 7) is 8.28. The van der Waals surface area contributed by atoms with Crippen LogP contribution in [0.1, 0.15) is 23.2 Å². The fourth-order valence-electron chi connectivity index (χ4n) is 3.18. The zero-order valence-electron chi connectivity index (χ0n) is 17.1. The summed E-state index contributed by atoms with van der Waals surface area (Å²) >= 11 is 5.89. The smallest absolute Gasteiger partial charge is 0.284 e. The molecule has 9 heteroatoms. The van der Waals surface area contributed by atoms with Gasteiger partial charge in [-0.2, -0.15) is 0 Å². The second kappa shape index (κ2) is 10.9. The predicted octanol–water partition coefficient (Wildman–Crippen LogP) is 2.19. The Balaban J connectivity index is 1.45. The Morgan fingerprint density at radius 2 is 1.93 bits per heavy atom. The number of rotatable bonds is 8. The Morgan fingerprint density at radius 1 is 1.20 bits per heavy atom. The molecule has 1 fully saturated rings. The van der Waals surface area contributed by atoms with E-state index in [1.165, 1.54) is 0 Å². The first-order chi connectivity index (χ1) is 14.5. The lowest BCUT2D eigenvalue weighted by Gasteiger charge is -2.36. The lowest BCUT2D eigenvalue weighted by atomic mass is 10.3. The van der Waals surface area contributed by atoms with Crippen LogP contribution in [-0.4, -0.2) is 67.5 Å². The van der Waals surface area contributed by atoms with E-state index in [2.05, 4.69) is 20.1 Å². The van der Waals surface area contributed by atoms with Gasteiger partial charge < -0.3 is 25.1 Å². The highest BCUT2D eigenvalue weighted by atomic mass is 35.5. The van der Waals surface area contributed by atoms with Crippen LogP contribution in [0.5, 0.6) is 5.75 Å². The number of guanidine groups is 1. The van der Waals surface area contributed by atoms with Crippen LogP contribution in [0.3, 0.4) is 0 Å². The normalized spacial score (nSPS) is 15.3. The molecule has 0 saturated carbocycles. The third-order valence-corrected chi connectivity index (χ3v) is 5.04. The molecule has 162 valence electrons. The Bertz CT molecular complexity index is 845. The van der Waals surface area contributed by atoms with Crippen LogP contribution in [0.2, 0.25) is 5.02 Å². The largest absolute Gasteiger partial charge is 0.492 e. The molecule has 1 aromatic heterocycles. The molecule has 0 bridgehead atoms. The van der Waals surface area contributed by atoms with Gasteiger partial charge in [-0.1, -0.05) is 11.6 Å². The van der Waals surface area contributed by atoms with Crippen molar-refractivity contribution in [2.75, 3.05) is 45.9 Å². The Morgan fingerprint density at radius 3 is 2.57 bits per heavy atom. The van der Waals surface area contributed by atoms with Crippen molar-refractivity contribution in [2.45, 2.75) is 13.5 Å². The number of carbonyl (C=O) groups is 1. The van der Waals surface area contributed by atoms with Gasteiger partial charge in [0, 0.05) is 44.3 Å². The number of benzene rings is 1. The summed E-state index contributed by atoms with van der Waals surface area (Å²) in [6.07, 6.45) is 0. The monoisotopic (exact) mass is 433 g/mol. The standard InChI is InChI=1S/C21H28ClN5O3/c1-2-24-21(25-15-18-7-8-19(30-18)20(23)28)27-11-9-26(10-12-27)13-14-29-17-5-3-16(22)4-6-17/h3-8H,2,9-15H2,1H3,(H2,23,28)(H,24,25). The number of hydrogen-bond acceptors (Lipinski definition) is 5. The van der Waals surface area contributed by atoms with Gasteiger partial charge in [0.1, 0.15) is 24.7 Å². The minimum Gasteiger partial charge on any atom is -0.492 e. The number of aliphatic imine (C=N–C) groups is 1. The van der Waals surface area contributed by atoms with Gasteiger partial charge in [-0.3, -0.25) is 9.69 Å². The summed E-state index contributed by atoms with van der Waals surface area (Å²) in [5.74, 6) is 1.86. The van der Waals surface area contributed by atoms with Crippen molar-refractivity contribution in [3.05, 3.63) is 52.9 Å². The van der Waals surface area contributed by atoms with E-state index in [4.69, 9.17) is 26.5 Å². The maximum absolute atomic E-state index is 11.2. The molecule has 0 spiro atoms. The van der Waals surface area contributed by atoms with Crippen molar-refractivity contribution in [3.8, 4) is 5.75 Å². The minimum absolute atomic E-state index is 0.152. The average molecular weight is 434 g/mol. The van der Waals surface area contributed by atoms with E-state index in [-0.39, 0.29) is 5.76 Å². The molecule has 1 aliphatic rings. The van der Waals surface area contributed by atoms with Crippen molar-refractivity contribution in [1.29, 1.82) is 0 Å². The molecule has 3 rings (SSSR count). The topological polar surface area (TPSA) is 96.3 Å². The fourth-order valence-corrected chi connectivity index (χ4v) is 3.31. The van der Waals surface area contributed by atoms with Gasteiger partial charge in [-0.25, -0.2) is 4.99 Å². The molecule has 0 unspecified atom stereocenters. The zero-order valence-corrected chi connectivity index (χ0v) is 17.9. The van der Waals surface area contributed by atoms with E-state index in [0.717, 1.165) is 51.0 Å². The van der Waals surface area contributed by atoms with Crippen LogP contribution < -0.4 is 15.8 Å². The number of nitrogens with two attached hydrogens (primary N) is 1. The number of nitrogens with one attached hydrogen (secondary N) is 1. The molecule has 1 aromatic carbocycles. The van der Waals surface area contributed by atoms with Crippen molar-refractivity contribution >= 4 is 23.5 Å². The van der Waals surface area contributed by atoms with E-state index < -0.39 is 5.91 Å². The van der Waals surface area contributed by atoms with Gasteiger partial charge >= 0.3 is 0 Å². The first-order valence-corrected chi connectivity index (χ1v) is 10.5. The molecule has 0 atom stereocenters. The van der Waals surface area contributed by atoms with E-state index in [1.807, 2.05) is 31.2 Å². The summed E-state index contributed by atoms with van der Waals surface area (Å²) in [5, 5.41) is 4.03. The second-order valence-electron chi connectivity index (χ2n) is 6.93. The van der Waals surface area contributed by atoms with Crippen LogP contribution in [0.15, 0.2) is 45.8 Å². The van der Waals surface area contributed by atoms with E-state index in [1.54, 1.807) is 12.1 Å². The Hall–Kier alpha value is -2.71. The van der Waals surface area contributed by atoms with E-state index >= 15 is 0 Å². The zero-order chi connectivity index (χ0) is 21.3. The van der Waals surface area contributed by atoms with Gasteiger partial charge in [0.25, 0.3) is 5.91 Å². The molecular weight excluding hydrogens is 406 g/mol. The lowest BCUT2D eigenvalue weighted by molar-refractivity contribution is 0.0972. The molecular formula is C21H28ClN5O3. The first-order valence-electron chi connectivity index (χ1n) is 10.1. The number of halogens is 1. The summed E-state index contributed by atoms with van der Waals surface area (Å²) in [4.78, 5) is 20.4. The molecule has 2 aromatic rings. The predicted molar refractivity (Wildman–Crippen MR) is 117 cm³/mol. The van der Waals surface area contributed by atoms with E-state index in [0.29, 0.717) is 23.9 Å². The quantitative estimate of drug-likeness (QED) is 0.489. The van der Waals surface area contributed by atoms with Crippen LogP contribution >= 0.6 is 11.6 Å². The highest BCUT2D eigenvalue weighted by molar-refractivity contribution is 6.30. The van der Waals surface area contributed by atoms with Crippen LogP contribution in [-0.2, 0) is 6.54 Å². The summed E-state index contributed by atoms with van der Waals surface area (Å²) in [7, 11) is 0. The lowest BCUT2D eigenvalue weighted by Crippen LogP contribution is -2.53. The maximum atomic E-state index is 11.2. The molecule has 0 aliphatic carbocycles. The molecule has 1 saturated heterocycles. The van der Waals surface area contributed by atoms with Crippen molar-refractivity contribution < 1.29 is 13.9 Å². The van der Waals surface area contributed by atoms with Gasteiger partial charge in [0.05, 0.1) is 0 Å². The van der Waals surface area contributed by atoms with Crippen molar-refractivity contribution in [2.24, 2.45) is 10.7 Å². The highest BCUT2D eigenvalue weighted by Gasteiger charge is 2.19. The number of ether oxygens (including phenoxy) is 1. The molecule has 8 nitrogen and oxygen atoms in total. The molecule has 30 heavy (non-hydrogen) atoms. The first kappa shape index (κ1) is 22.0. The third-order valence-electron chi connectivity index (χ3n) is 4.79. The van der Waals surface area contributed by atoms with Gasteiger partial charge in [-0.05, 0) is 43.3 Å². The van der Waals surface area contributed by atoms with Crippen molar-refractivity contribution in [1.82, 2.24) is 15.1 Å². The number of piperazine rings is 1. The van der Waals surface area contributed by atoms with Gasteiger partial charge in [-0.15, -0.1) is 0 Å². The number of amides is 1. The van der Waals surface area contributed by atoms with Crippen LogP contribution in [0, 0.1) is 0 Å². The maximum Gasteiger partial charge on any atom is 0.284 e. The third kappa shape index (κ3) is 6.40. The number of hydrogen-bond donors (Lipinski definition) is 2. The Labute approximate surface area is 181 Å². The Kier molecular flexibility index (Phi) is 7.98. The number of carbonyl (C=O) groups excluding carboxylic acids is 1. The van der Waals surface area contributed by atoms with Gasteiger partial charge in [0.2, 0.25) is 0 Å². The molecule has 0 radical (unpaired) electrons. The van der Waals surface area contributed by atoms with Crippen LogP contribution in [0.4, 0.5) is 0 Å². The summed E-state index contributed by atoms with van der Waals surface area (Å²) in [6, 6.07) is 10.7. The summed E-state index contributed by atoms with van der Waals surface area (Å²) < 4.78 is 11.2. The molecule has 1 amide bonds. The average Bonchev–Trinajstić information content (AvgIpc) is 3.23. The highest BCUT2D eigenvalue weighted by Crippen LogP contribution is 2.15. The minimum atomic E-state index is -0.576. The molecule has 3 N–H and O–H groups in total.